The first-order valence-electron chi connectivity index (χ1n) is 14.1. The van der Waals surface area contributed by atoms with E-state index in [-0.39, 0.29) is 5.41 Å². The first-order chi connectivity index (χ1) is 16.7. The summed E-state index contributed by atoms with van der Waals surface area (Å²) in [6.07, 6.45) is 12.6. The lowest BCUT2D eigenvalue weighted by Crippen LogP contribution is -2.26. The summed E-state index contributed by atoms with van der Waals surface area (Å²) in [7, 11) is 0. The van der Waals surface area contributed by atoms with Crippen LogP contribution in [0, 0.1) is 0 Å². The van der Waals surface area contributed by atoms with E-state index < -0.39 is 0 Å². The summed E-state index contributed by atoms with van der Waals surface area (Å²) in [6, 6.07) is 19.6. The van der Waals surface area contributed by atoms with Gasteiger partial charge in [-0.1, -0.05) is 135 Å². The number of hydrogen-bond donors (Lipinski definition) is 1. The predicted octanol–water partition coefficient (Wildman–Crippen LogP) is 10.8. The molecule has 186 valence electrons. The Morgan fingerprint density at radius 3 is 1.85 bits per heavy atom. The predicted molar refractivity (Wildman–Crippen MR) is 152 cm³/mol. The minimum atomic E-state index is 0.0196. The van der Waals surface area contributed by atoms with E-state index in [1.54, 1.807) is 0 Å². The van der Waals surface area contributed by atoms with Crippen molar-refractivity contribution in [3.05, 3.63) is 65.7 Å². The normalized spacial score (nSPS) is 12.8. The molecule has 1 N–H and O–H groups in total. The third-order valence-corrected chi connectivity index (χ3v) is 7.13. The molecule has 0 bridgehead atoms. The molecule has 1 aliphatic carbocycles. The largest absolute Gasteiger partial charge is 0.508 e. The molecule has 0 unspecified atom stereocenters. The first-order valence-corrected chi connectivity index (χ1v) is 14.1. The lowest BCUT2D eigenvalue weighted by Gasteiger charge is -2.34. The number of hydrogen-bond acceptors (Lipinski definition) is 1. The van der Waals surface area contributed by atoms with Gasteiger partial charge < -0.3 is 5.11 Å². The molecular formula is C33H48O. The fourth-order valence-corrected chi connectivity index (χ4v) is 5.66. The van der Waals surface area contributed by atoms with E-state index in [2.05, 4.69) is 62.4 Å². The summed E-state index contributed by atoms with van der Waals surface area (Å²) in [5.41, 5.74) is 5.62. The molecular weight excluding hydrogens is 412 g/mol. The highest BCUT2D eigenvalue weighted by atomic mass is 16.3. The zero-order chi connectivity index (χ0) is 25.0. The number of rotatable bonds is 10. The van der Waals surface area contributed by atoms with E-state index in [0.29, 0.717) is 5.75 Å². The van der Waals surface area contributed by atoms with Crippen LogP contribution in [-0.2, 0) is 5.41 Å². The number of aromatic hydroxyl groups is 1. The summed E-state index contributed by atoms with van der Waals surface area (Å²) < 4.78 is 0. The standard InChI is InChI=1S/C29H36O.2C2H6/c1-3-5-7-11-19-29(20-12-8-6-4-2)27-21-23(30)16-18-25(27)26-17-15-22-13-9-10-14-24(22)28(26)29;2*1-2/h9-10,13-18,21,30H,3-8,11-12,19-20H2,1-2H3;2*1-2H3. The highest BCUT2D eigenvalue weighted by molar-refractivity contribution is 5.97. The summed E-state index contributed by atoms with van der Waals surface area (Å²) in [4.78, 5) is 0. The van der Waals surface area contributed by atoms with Crippen LogP contribution in [0.4, 0.5) is 0 Å². The molecule has 0 heterocycles. The topological polar surface area (TPSA) is 20.2 Å². The van der Waals surface area contributed by atoms with Crippen molar-refractivity contribution in [2.24, 2.45) is 0 Å². The average Bonchev–Trinajstić information content (AvgIpc) is 3.16. The molecule has 0 radical (unpaired) electrons. The fraction of sp³-hybridized carbons (Fsp3) is 0.515. The van der Waals surface area contributed by atoms with Crippen LogP contribution in [0.2, 0.25) is 0 Å². The third kappa shape index (κ3) is 5.85. The smallest absolute Gasteiger partial charge is 0.115 e. The van der Waals surface area contributed by atoms with Gasteiger partial charge in [0.2, 0.25) is 0 Å². The van der Waals surface area contributed by atoms with Crippen molar-refractivity contribution in [2.45, 2.75) is 111 Å². The number of phenolic OH excluding ortho intramolecular Hbond substituents is 1. The van der Waals surface area contributed by atoms with Gasteiger partial charge in [-0.2, -0.15) is 0 Å². The lowest BCUT2D eigenvalue weighted by molar-refractivity contribution is 0.400. The van der Waals surface area contributed by atoms with Crippen molar-refractivity contribution in [1.29, 1.82) is 0 Å². The van der Waals surface area contributed by atoms with Gasteiger partial charge in [0.05, 0.1) is 0 Å². The van der Waals surface area contributed by atoms with Gasteiger partial charge in [0.25, 0.3) is 0 Å². The zero-order valence-corrected chi connectivity index (χ0v) is 22.7. The Kier molecular flexibility index (Phi) is 11.7. The highest BCUT2D eigenvalue weighted by Crippen LogP contribution is 2.56. The van der Waals surface area contributed by atoms with E-state index in [9.17, 15) is 5.11 Å². The van der Waals surface area contributed by atoms with E-state index in [4.69, 9.17) is 0 Å². The van der Waals surface area contributed by atoms with Crippen LogP contribution < -0.4 is 0 Å². The van der Waals surface area contributed by atoms with Crippen molar-refractivity contribution in [1.82, 2.24) is 0 Å². The molecule has 3 aromatic carbocycles. The molecule has 0 saturated carbocycles. The molecule has 3 aromatic rings. The van der Waals surface area contributed by atoms with Crippen molar-refractivity contribution < 1.29 is 5.11 Å². The second-order valence-electron chi connectivity index (χ2n) is 9.14. The van der Waals surface area contributed by atoms with Crippen molar-refractivity contribution in [3.8, 4) is 16.9 Å². The SMILES string of the molecule is CC.CC.CCCCCCC1(CCCCCC)c2cc(O)ccc2-c2ccc3ccccc3c21. The molecule has 4 rings (SSSR count). The quantitative estimate of drug-likeness (QED) is 0.298. The zero-order valence-electron chi connectivity index (χ0n) is 22.7. The van der Waals surface area contributed by atoms with Crippen LogP contribution in [0.3, 0.4) is 0 Å². The number of phenols is 1. The number of benzene rings is 3. The molecule has 0 aliphatic heterocycles. The van der Waals surface area contributed by atoms with E-state index in [1.165, 1.54) is 97.2 Å². The van der Waals surface area contributed by atoms with Gasteiger partial charge in [-0.15, -0.1) is 0 Å². The minimum Gasteiger partial charge on any atom is -0.508 e. The molecule has 1 aliphatic rings. The van der Waals surface area contributed by atoms with Crippen LogP contribution in [0.5, 0.6) is 5.75 Å². The maximum Gasteiger partial charge on any atom is 0.115 e. The number of fused-ring (bicyclic) bond motifs is 5. The second-order valence-corrected chi connectivity index (χ2v) is 9.14. The van der Waals surface area contributed by atoms with Crippen LogP contribution in [0.25, 0.3) is 21.9 Å². The van der Waals surface area contributed by atoms with Crippen LogP contribution in [0.15, 0.2) is 54.6 Å². The molecule has 0 atom stereocenters. The maximum atomic E-state index is 10.4. The second kappa shape index (κ2) is 14.2. The molecule has 0 aromatic heterocycles. The van der Waals surface area contributed by atoms with Gasteiger partial charge in [0.1, 0.15) is 5.75 Å². The van der Waals surface area contributed by atoms with Gasteiger partial charge in [-0.25, -0.2) is 0 Å². The monoisotopic (exact) mass is 460 g/mol. The minimum absolute atomic E-state index is 0.0196. The van der Waals surface area contributed by atoms with Gasteiger partial charge >= 0.3 is 0 Å². The Morgan fingerprint density at radius 1 is 0.647 bits per heavy atom. The molecule has 1 heteroatoms. The Bertz CT molecular complexity index is 989. The van der Waals surface area contributed by atoms with E-state index in [0.717, 1.165) is 0 Å². The first kappa shape index (κ1) is 28.0. The van der Waals surface area contributed by atoms with E-state index >= 15 is 0 Å². The Morgan fingerprint density at radius 2 is 1.24 bits per heavy atom. The average molecular weight is 461 g/mol. The summed E-state index contributed by atoms with van der Waals surface area (Å²) in [5, 5.41) is 13.2. The number of unbranched alkanes of at least 4 members (excludes halogenated alkanes) is 6. The fourth-order valence-electron chi connectivity index (χ4n) is 5.66. The van der Waals surface area contributed by atoms with Crippen molar-refractivity contribution in [2.75, 3.05) is 0 Å². The van der Waals surface area contributed by atoms with Crippen LogP contribution in [-0.4, -0.2) is 5.11 Å². The van der Waals surface area contributed by atoms with Gasteiger partial charge in [0.15, 0.2) is 0 Å². The molecule has 34 heavy (non-hydrogen) atoms. The highest BCUT2D eigenvalue weighted by Gasteiger charge is 2.43. The molecule has 1 nitrogen and oxygen atoms in total. The molecule has 0 fully saturated rings. The summed E-state index contributed by atoms with van der Waals surface area (Å²) in [5.74, 6) is 0.400. The third-order valence-electron chi connectivity index (χ3n) is 7.13. The van der Waals surface area contributed by atoms with Gasteiger partial charge in [-0.3, -0.25) is 0 Å². The Balaban J connectivity index is 0.000000970. The maximum absolute atomic E-state index is 10.4. The van der Waals surface area contributed by atoms with E-state index in [1.807, 2.05) is 33.8 Å². The summed E-state index contributed by atoms with van der Waals surface area (Å²) >= 11 is 0. The van der Waals surface area contributed by atoms with Crippen molar-refractivity contribution >= 4 is 10.8 Å². The van der Waals surface area contributed by atoms with Crippen LogP contribution >= 0.6 is 0 Å². The molecule has 0 saturated heterocycles. The Labute approximate surface area is 209 Å². The van der Waals surface area contributed by atoms with Crippen LogP contribution in [0.1, 0.15) is 117 Å². The molecule has 0 amide bonds. The van der Waals surface area contributed by atoms with Gasteiger partial charge in [-0.05, 0) is 58.0 Å². The van der Waals surface area contributed by atoms with Crippen molar-refractivity contribution in [3.63, 3.8) is 0 Å². The van der Waals surface area contributed by atoms with Gasteiger partial charge in [0, 0.05) is 5.41 Å². The molecule has 0 spiro atoms. The summed E-state index contributed by atoms with van der Waals surface area (Å²) in [6.45, 7) is 12.6. The Hall–Kier alpha value is -2.28. The lowest BCUT2D eigenvalue weighted by atomic mass is 9.69.